The molecule has 0 aliphatic carbocycles. The largest absolute Gasteiger partial charge is 0.264 e. The summed E-state index contributed by atoms with van der Waals surface area (Å²) in [5, 5.41) is 0. The van der Waals surface area contributed by atoms with Crippen molar-refractivity contribution >= 4 is 0 Å². The quantitative estimate of drug-likeness (QED) is 0.733. The Bertz CT molecular complexity index is 501. The normalized spacial score (nSPS) is 10.4. The summed E-state index contributed by atoms with van der Waals surface area (Å²) in [6.07, 6.45) is 4.87. The van der Waals surface area contributed by atoms with Gasteiger partial charge in [-0.2, -0.15) is 0 Å². The first-order valence-corrected chi connectivity index (χ1v) is 5.73. The third-order valence-corrected chi connectivity index (χ3v) is 3.03. The van der Waals surface area contributed by atoms with Crippen LogP contribution < -0.4 is 0 Å². The molecular weight excluding hydrogens is 194 g/mol. The van der Waals surface area contributed by atoms with Gasteiger partial charge in [0.15, 0.2) is 0 Å². The maximum atomic E-state index is 4.16. The smallest absolute Gasteiger partial charge is 0.0303 e. The van der Waals surface area contributed by atoms with Crippen LogP contribution in [0.3, 0.4) is 0 Å². The molecule has 1 nitrogen and oxygen atoms in total. The summed E-state index contributed by atoms with van der Waals surface area (Å²) in [7, 11) is 0. The second-order valence-corrected chi connectivity index (χ2v) is 4.15. The van der Waals surface area contributed by atoms with E-state index in [4.69, 9.17) is 0 Å². The highest BCUT2D eigenvalue weighted by molar-refractivity contribution is 5.73. The van der Waals surface area contributed by atoms with Gasteiger partial charge in [-0.15, -0.1) is 0 Å². The molecule has 1 heterocycles. The molecule has 0 aliphatic rings. The molecule has 0 saturated heterocycles. The molecule has 0 N–H and O–H groups in total. The topological polar surface area (TPSA) is 12.9 Å². The van der Waals surface area contributed by atoms with Crippen molar-refractivity contribution in [1.29, 1.82) is 0 Å². The molecule has 0 radical (unpaired) electrons. The molecule has 0 unspecified atom stereocenters. The van der Waals surface area contributed by atoms with Gasteiger partial charge in [0.25, 0.3) is 0 Å². The van der Waals surface area contributed by atoms with Crippen LogP contribution in [0.1, 0.15) is 23.6 Å². The summed E-state index contributed by atoms with van der Waals surface area (Å²) < 4.78 is 0. The molecule has 1 aromatic heterocycles. The minimum absolute atomic E-state index is 1.07. The van der Waals surface area contributed by atoms with Crippen LogP contribution in [-0.2, 0) is 6.42 Å². The zero-order valence-electron chi connectivity index (χ0n) is 10.1. The van der Waals surface area contributed by atoms with E-state index in [0.717, 1.165) is 6.42 Å². The van der Waals surface area contributed by atoms with Crippen molar-refractivity contribution < 1.29 is 0 Å². The number of rotatable bonds is 2. The molecule has 0 spiro atoms. The fraction of sp³-hybridized carbons (Fsp3) is 0.267. The van der Waals surface area contributed by atoms with Gasteiger partial charge in [-0.1, -0.05) is 25.1 Å². The van der Waals surface area contributed by atoms with Crippen molar-refractivity contribution in [3.8, 4) is 11.1 Å². The number of nitrogens with zero attached hydrogens (tertiary/aromatic N) is 1. The first-order chi connectivity index (χ1) is 7.74. The van der Waals surface area contributed by atoms with E-state index < -0.39 is 0 Å². The van der Waals surface area contributed by atoms with Crippen LogP contribution >= 0.6 is 0 Å². The predicted molar refractivity (Wildman–Crippen MR) is 68.5 cm³/mol. The van der Waals surface area contributed by atoms with Crippen LogP contribution in [0, 0.1) is 13.8 Å². The van der Waals surface area contributed by atoms with E-state index in [1.807, 2.05) is 12.4 Å². The van der Waals surface area contributed by atoms with Crippen LogP contribution in [-0.4, -0.2) is 4.98 Å². The third kappa shape index (κ3) is 1.85. The molecule has 1 heteroatoms. The van der Waals surface area contributed by atoms with Crippen LogP contribution in [0.2, 0.25) is 0 Å². The predicted octanol–water partition coefficient (Wildman–Crippen LogP) is 3.93. The van der Waals surface area contributed by atoms with E-state index in [2.05, 4.69) is 50.0 Å². The van der Waals surface area contributed by atoms with Gasteiger partial charge in [-0.05, 0) is 54.2 Å². The summed E-state index contributed by atoms with van der Waals surface area (Å²) in [6, 6.07) is 8.63. The molecular formula is C15H17N. The zero-order chi connectivity index (χ0) is 11.5. The number of aromatic nitrogens is 1. The van der Waals surface area contributed by atoms with E-state index in [-0.39, 0.29) is 0 Å². The summed E-state index contributed by atoms with van der Waals surface area (Å²) >= 11 is 0. The van der Waals surface area contributed by atoms with Crippen molar-refractivity contribution in [3.05, 3.63) is 53.3 Å². The molecule has 16 heavy (non-hydrogen) atoms. The molecule has 0 atom stereocenters. The number of hydrogen-bond acceptors (Lipinski definition) is 1. The number of hydrogen-bond donors (Lipinski definition) is 0. The lowest BCUT2D eigenvalue weighted by Gasteiger charge is -2.13. The highest BCUT2D eigenvalue weighted by Crippen LogP contribution is 2.29. The van der Waals surface area contributed by atoms with Crippen LogP contribution in [0.15, 0.2) is 36.7 Å². The van der Waals surface area contributed by atoms with Gasteiger partial charge in [0.1, 0.15) is 0 Å². The lowest BCUT2D eigenvalue weighted by atomic mass is 9.92. The molecule has 0 fully saturated rings. The van der Waals surface area contributed by atoms with Gasteiger partial charge in [0.05, 0.1) is 0 Å². The van der Waals surface area contributed by atoms with Crippen molar-refractivity contribution in [1.82, 2.24) is 4.98 Å². The van der Waals surface area contributed by atoms with Crippen LogP contribution in [0.5, 0.6) is 0 Å². The zero-order valence-corrected chi connectivity index (χ0v) is 10.1. The van der Waals surface area contributed by atoms with E-state index >= 15 is 0 Å². The minimum atomic E-state index is 1.07. The third-order valence-electron chi connectivity index (χ3n) is 3.03. The summed E-state index contributed by atoms with van der Waals surface area (Å²) in [6.45, 7) is 6.50. The summed E-state index contributed by atoms with van der Waals surface area (Å²) in [5.41, 5.74) is 6.68. The minimum Gasteiger partial charge on any atom is -0.264 e. The number of benzene rings is 1. The number of aryl methyl sites for hydroxylation is 3. The van der Waals surface area contributed by atoms with Gasteiger partial charge in [-0.25, -0.2) is 0 Å². The summed E-state index contributed by atoms with van der Waals surface area (Å²) in [4.78, 5) is 4.16. The Morgan fingerprint density at radius 2 is 1.88 bits per heavy atom. The Labute approximate surface area is 97.2 Å². The highest BCUT2D eigenvalue weighted by Gasteiger charge is 2.08. The van der Waals surface area contributed by atoms with Crippen molar-refractivity contribution in [3.63, 3.8) is 0 Å². The van der Waals surface area contributed by atoms with Crippen molar-refractivity contribution in [2.45, 2.75) is 27.2 Å². The van der Waals surface area contributed by atoms with E-state index in [9.17, 15) is 0 Å². The average molecular weight is 211 g/mol. The Morgan fingerprint density at radius 3 is 2.56 bits per heavy atom. The maximum absolute atomic E-state index is 4.16. The summed E-state index contributed by atoms with van der Waals surface area (Å²) in [5.74, 6) is 0. The molecule has 2 aromatic rings. The van der Waals surface area contributed by atoms with E-state index in [0.29, 0.717) is 0 Å². The molecule has 0 aliphatic heterocycles. The SMILES string of the molecule is CCc1cccc(C)c1-c1ccncc1C. The van der Waals surface area contributed by atoms with Gasteiger partial charge >= 0.3 is 0 Å². The van der Waals surface area contributed by atoms with Crippen LogP contribution in [0.25, 0.3) is 11.1 Å². The molecule has 0 saturated carbocycles. The van der Waals surface area contributed by atoms with E-state index in [1.54, 1.807) is 0 Å². The Hall–Kier alpha value is -1.63. The van der Waals surface area contributed by atoms with Gasteiger partial charge in [-0.3, -0.25) is 4.98 Å². The lowest BCUT2D eigenvalue weighted by Crippen LogP contribution is -1.93. The fourth-order valence-corrected chi connectivity index (χ4v) is 2.16. The lowest BCUT2D eigenvalue weighted by molar-refractivity contribution is 1.13. The first-order valence-electron chi connectivity index (χ1n) is 5.73. The van der Waals surface area contributed by atoms with Crippen molar-refractivity contribution in [2.24, 2.45) is 0 Å². The Morgan fingerprint density at radius 1 is 1.06 bits per heavy atom. The molecule has 0 bridgehead atoms. The Kier molecular flexibility index (Phi) is 3.04. The van der Waals surface area contributed by atoms with Gasteiger partial charge < -0.3 is 0 Å². The van der Waals surface area contributed by atoms with Gasteiger partial charge in [0.2, 0.25) is 0 Å². The number of pyridine rings is 1. The Balaban J connectivity index is 2.68. The van der Waals surface area contributed by atoms with Crippen molar-refractivity contribution in [2.75, 3.05) is 0 Å². The molecule has 82 valence electrons. The van der Waals surface area contributed by atoms with Gasteiger partial charge in [0, 0.05) is 12.4 Å². The monoisotopic (exact) mass is 211 g/mol. The average Bonchev–Trinajstić information content (AvgIpc) is 2.30. The molecule has 0 amide bonds. The second kappa shape index (κ2) is 4.48. The molecule has 1 aromatic carbocycles. The fourth-order valence-electron chi connectivity index (χ4n) is 2.16. The maximum Gasteiger partial charge on any atom is 0.0303 e. The molecule has 2 rings (SSSR count). The first kappa shape index (κ1) is 10.9. The standard InChI is InChI=1S/C15H17N/c1-4-13-7-5-6-11(2)15(13)14-8-9-16-10-12(14)3/h5-10H,4H2,1-3H3. The van der Waals surface area contributed by atoms with Crippen LogP contribution in [0.4, 0.5) is 0 Å². The second-order valence-electron chi connectivity index (χ2n) is 4.15. The highest BCUT2D eigenvalue weighted by atomic mass is 14.6. The van der Waals surface area contributed by atoms with E-state index in [1.165, 1.54) is 27.8 Å².